The van der Waals surface area contributed by atoms with Crippen molar-refractivity contribution in [2.24, 2.45) is 5.92 Å². The molecule has 0 spiro atoms. The van der Waals surface area contributed by atoms with E-state index in [4.69, 9.17) is 4.74 Å². The number of ether oxygens (including phenoxy) is 1. The molecule has 2 aromatic carbocycles. The number of rotatable bonds is 8. The lowest BCUT2D eigenvalue weighted by Crippen LogP contribution is -2.46. The van der Waals surface area contributed by atoms with Crippen molar-refractivity contribution in [1.82, 2.24) is 9.21 Å². The second-order valence-corrected chi connectivity index (χ2v) is 10.0. The Bertz CT molecular complexity index is 1080. The smallest absolute Gasteiger partial charge is 0.309 e. The first-order valence-electron chi connectivity index (χ1n) is 11.0. The molecule has 1 aliphatic heterocycles. The zero-order valence-electron chi connectivity index (χ0n) is 18.9. The second-order valence-electron chi connectivity index (χ2n) is 8.08. The average Bonchev–Trinajstić information content (AvgIpc) is 2.80. The van der Waals surface area contributed by atoms with Crippen molar-refractivity contribution >= 4 is 21.9 Å². The van der Waals surface area contributed by atoms with Crippen LogP contribution in [0.2, 0.25) is 0 Å². The number of amides is 1. The highest BCUT2D eigenvalue weighted by Crippen LogP contribution is 2.23. The highest BCUT2D eigenvalue weighted by Gasteiger charge is 2.32. The van der Waals surface area contributed by atoms with Gasteiger partial charge in [-0.1, -0.05) is 35.9 Å². The third kappa shape index (κ3) is 6.17. The molecule has 178 valence electrons. The number of hydrogen-bond donors (Lipinski definition) is 0. The zero-order chi connectivity index (χ0) is 24.0. The van der Waals surface area contributed by atoms with Gasteiger partial charge >= 0.3 is 5.97 Å². The van der Waals surface area contributed by atoms with E-state index >= 15 is 0 Å². The molecule has 0 radical (unpaired) electrons. The molecule has 0 bridgehead atoms. The molecule has 7 nitrogen and oxygen atoms in total. The quantitative estimate of drug-likeness (QED) is 0.547. The second kappa shape index (κ2) is 10.9. The summed E-state index contributed by atoms with van der Waals surface area (Å²) in [6, 6.07) is 12.2. The molecular formula is C24H29FN2O5S. The zero-order valence-corrected chi connectivity index (χ0v) is 19.7. The molecule has 1 heterocycles. The van der Waals surface area contributed by atoms with Crippen LogP contribution < -0.4 is 0 Å². The monoisotopic (exact) mass is 476 g/mol. The predicted molar refractivity (Wildman–Crippen MR) is 121 cm³/mol. The normalized spacial score (nSPS) is 15.0. The highest BCUT2D eigenvalue weighted by molar-refractivity contribution is 7.89. The van der Waals surface area contributed by atoms with Gasteiger partial charge in [-0.05, 0) is 44.9 Å². The first-order valence-corrected chi connectivity index (χ1v) is 12.4. The lowest BCUT2D eigenvalue weighted by Gasteiger charge is -2.32. The number of carbonyl (C=O) groups is 2. The van der Waals surface area contributed by atoms with Crippen LogP contribution in [0.3, 0.4) is 0 Å². The van der Waals surface area contributed by atoms with Gasteiger partial charge in [0, 0.05) is 25.2 Å². The van der Waals surface area contributed by atoms with Gasteiger partial charge in [0.05, 0.1) is 24.0 Å². The molecule has 9 heteroatoms. The fraction of sp³-hybridized carbons (Fsp3) is 0.417. The van der Waals surface area contributed by atoms with Gasteiger partial charge < -0.3 is 9.64 Å². The summed E-state index contributed by atoms with van der Waals surface area (Å²) in [6.45, 7) is 3.87. The van der Waals surface area contributed by atoms with Crippen molar-refractivity contribution in [2.75, 3.05) is 26.2 Å². The number of hydrogen-bond acceptors (Lipinski definition) is 5. The van der Waals surface area contributed by atoms with Crippen molar-refractivity contribution in [3.63, 3.8) is 0 Å². The SMILES string of the molecule is CCOC(=O)C1CCN(C(=O)CN(Cc2ccccc2F)S(=O)(=O)c2ccc(C)cc2)CC1. The van der Waals surface area contributed by atoms with Crippen LogP contribution >= 0.6 is 0 Å². The molecule has 0 atom stereocenters. The molecule has 2 aromatic rings. The number of benzene rings is 2. The fourth-order valence-electron chi connectivity index (χ4n) is 3.78. The van der Waals surface area contributed by atoms with Crippen LogP contribution in [0, 0.1) is 18.7 Å². The largest absolute Gasteiger partial charge is 0.466 e. The van der Waals surface area contributed by atoms with E-state index in [1.807, 2.05) is 6.92 Å². The molecule has 0 unspecified atom stereocenters. The number of sulfonamides is 1. The van der Waals surface area contributed by atoms with Crippen LogP contribution in [0.25, 0.3) is 0 Å². The maximum Gasteiger partial charge on any atom is 0.309 e. The molecule has 0 N–H and O–H groups in total. The summed E-state index contributed by atoms with van der Waals surface area (Å²) in [7, 11) is -4.05. The number of piperidine rings is 1. The molecule has 0 aliphatic carbocycles. The van der Waals surface area contributed by atoms with Gasteiger partial charge in [-0.2, -0.15) is 4.31 Å². The predicted octanol–water partition coefficient (Wildman–Crippen LogP) is 3.13. The molecule has 33 heavy (non-hydrogen) atoms. The van der Waals surface area contributed by atoms with Crippen molar-refractivity contribution in [3.05, 3.63) is 65.5 Å². The van der Waals surface area contributed by atoms with E-state index in [1.54, 1.807) is 30.0 Å². The van der Waals surface area contributed by atoms with Gasteiger partial charge in [-0.25, -0.2) is 12.8 Å². The summed E-state index contributed by atoms with van der Waals surface area (Å²) < 4.78 is 47.1. The Kier molecular flexibility index (Phi) is 8.20. The average molecular weight is 477 g/mol. The molecule has 1 fully saturated rings. The van der Waals surface area contributed by atoms with Gasteiger partial charge in [0.25, 0.3) is 0 Å². The summed E-state index contributed by atoms with van der Waals surface area (Å²) in [5.74, 6) is -1.46. The molecule has 0 saturated carbocycles. The molecule has 1 amide bonds. The summed E-state index contributed by atoms with van der Waals surface area (Å²) in [4.78, 5) is 26.6. The highest BCUT2D eigenvalue weighted by atomic mass is 32.2. The molecular weight excluding hydrogens is 447 g/mol. The Morgan fingerprint density at radius 3 is 2.33 bits per heavy atom. The van der Waals surface area contributed by atoms with E-state index in [0.717, 1.165) is 9.87 Å². The first kappa shape index (κ1) is 24.9. The topological polar surface area (TPSA) is 84.0 Å². The summed E-state index contributed by atoms with van der Waals surface area (Å²) in [6.07, 6.45) is 0.922. The lowest BCUT2D eigenvalue weighted by atomic mass is 9.97. The lowest BCUT2D eigenvalue weighted by molar-refractivity contribution is -0.151. The summed E-state index contributed by atoms with van der Waals surface area (Å²) >= 11 is 0. The number of carbonyl (C=O) groups excluding carboxylic acids is 2. The fourth-order valence-corrected chi connectivity index (χ4v) is 5.14. The molecule has 1 aliphatic rings. The van der Waals surface area contributed by atoms with Gasteiger partial charge in [-0.15, -0.1) is 0 Å². The van der Waals surface area contributed by atoms with E-state index < -0.39 is 22.4 Å². The summed E-state index contributed by atoms with van der Waals surface area (Å²) in [5, 5.41) is 0. The third-order valence-electron chi connectivity index (χ3n) is 5.74. The van der Waals surface area contributed by atoms with E-state index in [0.29, 0.717) is 32.5 Å². The minimum atomic E-state index is -4.05. The van der Waals surface area contributed by atoms with Gasteiger partial charge in [0.2, 0.25) is 15.9 Å². The summed E-state index contributed by atoms with van der Waals surface area (Å²) in [5.41, 5.74) is 1.08. The van der Waals surface area contributed by atoms with E-state index in [-0.39, 0.29) is 34.8 Å². The first-order chi connectivity index (χ1) is 15.7. The Balaban J connectivity index is 1.78. The molecule has 0 aromatic heterocycles. The van der Waals surface area contributed by atoms with Crippen molar-refractivity contribution < 1.29 is 27.1 Å². The van der Waals surface area contributed by atoms with Crippen LogP contribution in [0.15, 0.2) is 53.4 Å². The van der Waals surface area contributed by atoms with Crippen LogP contribution in [-0.4, -0.2) is 55.7 Å². The number of aryl methyl sites for hydroxylation is 1. The van der Waals surface area contributed by atoms with Crippen LogP contribution in [0.5, 0.6) is 0 Å². The minimum Gasteiger partial charge on any atom is -0.466 e. The van der Waals surface area contributed by atoms with Crippen molar-refractivity contribution in [2.45, 2.75) is 38.1 Å². The van der Waals surface area contributed by atoms with E-state index in [2.05, 4.69) is 0 Å². The Morgan fingerprint density at radius 1 is 1.09 bits per heavy atom. The Morgan fingerprint density at radius 2 is 1.73 bits per heavy atom. The third-order valence-corrected chi connectivity index (χ3v) is 7.55. The number of halogens is 1. The van der Waals surface area contributed by atoms with E-state index in [9.17, 15) is 22.4 Å². The maximum absolute atomic E-state index is 14.3. The van der Waals surface area contributed by atoms with Gasteiger partial charge in [0.1, 0.15) is 5.82 Å². The van der Waals surface area contributed by atoms with Crippen LogP contribution in [0.4, 0.5) is 4.39 Å². The molecule has 3 rings (SSSR count). The van der Waals surface area contributed by atoms with Crippen molar-refractivity contribution in [1.29, 1.82) is 0 Å². The van der Waals surface area contributed by atoms with Crippen LogP contribution in [0.1, 0.15) is 30.9 Å². The molecule has 1 saturated heterocycles. The standard InChI is InChI=1S/C24H29FN2O5S/c1-3-32-24(29)19-12-14-26(15-13-19)23(28)17-27(16-20-6-4-5-7-22(20)25)33(30,31)21-10-8-18(2)9-11-21/h4-11,19H,3,12-17H2,1-2H3. The number of likely N-dealkylation sites (tertiary alicyclic amines) is 1. The van der Waals surface area contributed by atoms with Gasteiger partial charge in [-0.3, -0.25) is 9.59 Å². The minimum absolute atomic E-state index is 0.0401. The Labute approximate surface area is 194 Å². The van der Waals surface area contributed by atoms with E-state index in [1.165, 1.54) is 30.3 Å². The maximum atomic E-state index is 14.3. The Hall–Kier alpha value is -2.78. The van der Waals surface area contributed by atoms with Crippen LogP contribution in [-0.2, 0) is 30.9 Å². The van der Waals surface area contributed by atoms with Crippen molar-refractivity contribution in [3.8, 4) is 0 Å². The number of nitrogens with zero attached hydrogens (tertiary/aromatic N) is 2. The number of esters is 1. The van der Waals surface area contributed by atoms with Gasteiger partial charge in [0.15, 0.2) is 0 Å².